The maximum Gasteiger partial charge on any atom is 0.490 e. The molecule has 0 atom stereocenters. The molecule has 1 aromatic heterocycles. The molecule has 3 rings (SSSR count). The van der Waals surface area contributed by atoms with Crippen molar-refractivity contribution in [2.24, 2.45) is 11.1 Å². The highest BCUT2D eigenvalue weighted by Gasteiger charge is 2.38. The first kappa shape index (κ1) is 37.1. The van der Waals surface area contributed by atoms with Gasteiger partial charge in [-0.25, -0.2) is 14.0 Å². The highest BCUT2D eigenvalue weighted by Crippen LogP contribution is 2.30. The third-order valence-corrected chi connectivity index (χ3v) is 7.01. The van der Waals surface area contributed by atoms with E-state index in [-0.39, 0.29) is 54.1 Å². The quantitative estimate of drug-likeness (QED) is 0.0583. The molecule has 0 saturated carbocycles. The SMILES string of the molecule is C=CCN(CC(=O)OCc1ccccc1)C(=O)C(C)(C)Cc1ccc(C(=O)Oc2ccc(C(=N)N)cc2F)s1.O=C(O)C(F)(F)F. The Morgan fingerprint density at radius 2 is 1.70 bits per heavy atom. The van der Waals surface area contributed by atoms with Crippen LogP contribution in [0, 0.1) is 16.6 Å². The molecule has 0 saturated heterocycles. The maximum atomic E-state index is 14.3. The molecule has 0 aliphatic rings. The molecule has 0 aliphatic carbocycles. The Labute approximate surface area is 265 Å². The van der Waals surface area contributed by atoms with E-state index in [1.54, 1.807) is 32.1 Å². The summed E-state index contributed by atoms with van der Waals surface area (Å²) in [6.07, 6.45) is -3.25. The number of nitrogens with two attached hydrogens (primary N) is 1. The summed E-state index contributed by atoms with van der Waals surface area (Å²) in [5.41, 5.74) is 5.45. The van der Waals surface area contributed by atoms with E-state index in [1.807, 2.05) is 30.3 Å². The number of nitrogens with zero attached hydrogens (tertiary/aromatic N) is 1. The summed E-state index contributed by atoms with van der Waals surface area (Å²) in [7, 11) is 0. The first-order valence-electron chi connectivity index (χ1n) is 13.3. The van der Waals surface area contributed by atoms with Gasteiger partial charge in [0.15, 0.2) is 11.6 Å². The van der Waals surface area contributed by atoms with Crippen molar-refractivity contribution < 1.29 is 51.3 Å². The van der Waals surface area contributed by atoms with E-state index in [0.717, 1.165) is 27.8 Å². The van der Waals surface area contributed by atoms with Crippen LogP contribution in [0.15, 0.2) is 73.3 Å². The van der Waals surface area contributed by atoms with Crippen molar-refractivity contribution in [2.75, 3.05) is 13.1 Å². The van der Waals surface area contributed by atoms with Gasteiger partial charge in [-0.15, -0.1) is 17.9 Å². The zero-order valence-corrected chi connectivity index (χ0v) is 25.5. The minimum Gasteiger partial charge on any atom is -0.475 e. The van der Waals surface area contributed by atoms with Crippen molar-refractivity contribution in [3.8, 4) is 5.75 Å². The summed E-state index contributed by atoms with van der Waals surface area (Å²) in [4.78, 5) is 49.7. The standard InChI is InChI=1S/C29H30FN3O5S.C2HF3O2/c1-4-14-33(17-25(34)37-18-19-8-6-5-7-9-19)28(36)29(2,3)16-21-11-13-24(39-21)27(35)38-23-12-10-20(26(31)32)15-22(23)30;3-2(4,5)1(6)7/h4-13,15H,1,14,16-18H2,2-3H3,(H3,31,32);(H,6,7). The van der Waals surface area contributed by atoms with Gasteiger partial charge in [-0.2, -0.15) is 13.2 Å². The van der Waals surface area contributed by atoms with E-state index in [4.69, 9.17) is 30.5 Å². The van der Waals surface area contributed by atoms with Crippen LogP contribution in [-0.2, 0) is 32.1 Å². The average Bonchev–Trinajstić information content (AvgIpc) is 3.44. The lowest BCUT2D eigenvalue weighted by Crippen LogP contribution is -2.44. The molecule has 0 unspecified atom stereocenters. The number of alkyl halides is 3. The second kappa shape index (κ2) is 16.3. The Morgan fingerprint density at radius 1 is 1.07 bits per heavy atom. The maximum absolute atomic E-state index is 14.3. The number of esters is 2. The van der Waals surface area contributed by atoms with Gasteiger partial charge in [-0.1, -0.05) is 50.3 Å². The zero-order chi connectivity index (χ0) is 34.7. The summed E-state index contributed by atoms with van der Waals surface area (Å²) in [6.45, 7) is 7.25. The molecule has 46 heavy (non-hydrogen) atoms. The van der Waals surface area contributed by atoms with Gasteiger partial charge in [0.25, 0.3) is 0 Å². The predicted molar refractivity (Wildman–Crippen MR) is 161 cm³/mol. The lowest BCUT2D eigenvalue weighted by molar-refractivity contribution is -0.192. The number of hydrogen-bond acceptors (Lipinski definition) is 8. The van der Waals surface area contributed by atoms with Gasteiger partial charge >= 0.3 is 24.1 Å². The van der Waals surface area contributed by atoms with Gasteiger partial charge in [0.2, 0.25) is 5.91 Å². The lowest BCUT2D eigenvalue weighted by Gasteiger charge is -2.30. The van der Waals surface area contributed by atoms with Gasteiger partial charge in [0.1, 0.15) is 23.9 Å². The summed E-state index contributed by atoms with van der Waals surface area (Å²) in [6, 6.07) is 16.1. The number of carboxylic acid groups (broad SMARTS) is 1. The van der Waals surface area contributed by atoms with E-state index in [9.17, 15) is 31.9 Å². The number of carbonyl (C=O) groups excluding carboxylic acids is 3. The highest BCUT2D eigenvalue weighted by atomic mass is 32.1. The van der Waals surface area contributed by atoms with Crippen LogP contribution in [-0.4, -0.2) is 58.9 Å². The van der Waals surface area contributed by atoms with Crippen LogP contribution >= 0.6 is 11.3 Å². The van der Waals surface area contributed by atoms with Crippen LogP contribution in [0.1, 0.15) is 39.5 Å². The third kappa shape index (κ3) is 11.5. The van der Waals surface area contributed by atoms with Crippen LogP contribution in [0.2, 0.25) is 0 Å². The van der Waals surface area contributed by atoms with E-state index >= 15 is 0 Å². The van der Waals surface area contributed by atoms with Crippen LogP contribution in [0.5, 0.6) is 5.75 Å². The minimum atomic E-state index is -5.08. The number of carboxylic acids is 1. The number of carbonyl (C=O) groups is 4. The number of rotatable bonds is 12. The molecule has 0 radical (unpaired) electrons. The number of aliphatic carboxylic acids is 1. The van der Waals surface area contributed by atoms with Crippen LogP contribution < -0.4 is 10.5 Å². The van der Waals surface area contributed by atoms with Gasteiger partial charge < -0.3 is 25.2 Å². The molecule has 1 heterocycles. The number of nitrogen functional groups attached to an aromatic ring is 1. The number of amidine groups is 1. The highest BCUT2D eigenvalue weighted by molar-refractivity contribution is 7.14. The molecule has 1 amide bonds. The average molecular weight is 666 g/mol. The Hall–Kier alpha value is -5.05. The molecule has 4 N–H and O–H groups in total. The molecule has 246 valence electrons. The van der Waals surface area contributed by atoms with Gasteiger partial charge in [0.05, 0.1) is 0 Å². The number of nitrogens with one attached hydrogen (secondary N) is 1. The van der Waals surface area contributed by atoms with E-state index < -0.39 is 35.3 Å². The molecule has 0 aliphatic heterocycles. The number of hydrogen-bond donors (Lipinski definition) is 3. The van der Waals surface area contributed by atoms with Crippen LogP contribution in [0.4, 0.5) is 17.6 Å². The topological polar surface area (TPSA) is 160 Å². The summed E-state index contributed by atoms with van der Waals surface area (Å²) < 4.78 is 56.5. The van der Waals surface area contributed by atoms with Gasteiger partial charge in [0, 0.05) is 22.4 Å². The number of halogens is 4. The second-order valence-corrected chi connectivity index (χ2v) is 11.4. The van der Waals surface area contributed by atoms with Crippen molar-refractivity contribution in [1.82, 2.24) is 4.90 Å². The Balaban J connectivity index is 0.000000942. The molecule has 3 aromatic rings. The predicted octanol–water partition coefficient (Wildman–Crippen LogP) is 5.35. The Morgan fingerprint density at radius 3 is 2.24 bits per heavy atom. The minimum absolute atomic E-state index is 0.109. The van der Waals surface area contributed by atoms with Crippen LogP contribution in [0.3, 0.4) is 0 Å². The van der Waals surface area contributed by atoms with Gasteiger partial charge in [-0.3, -0.25) is 15.0 Å². The summed E-state index contributed by atoms with van der Waals surface area (Å²) >= 11 is 1.13. The Bertz CT molecular complexity index is 1570. The summed E-state index contributed by atoms with van der Waals surface area (Å²) in [5.74, 6) is -5.72. The second-order valence-electron chi connectivity index (χ2n) is 10.2. The normalized spacial score (nSPS) is 11.0. The smallest absolute Gasteiger partial charge is 0.475 e. The van der Waals surface area contributed by atoms with Crippen molar-refractivity contribution in [3.63, 3.8) is 0 Å². The number of ether oxygens (including phenoxy) is 2. The first-order chi connectivity index (χ1) is 21.4. The molecule has 10 nitrogen and oxygen atoms in total. The van der Waals surface area contributed by atoms with E-state index in [2.05, 4.69) is 6.58 Å². The molecule has 15 heteroatoms. The third-order valence-electron chi connectivity index (χ3n) is 5.95. The fourth-order valence-electron chi connectivity index (χ4n) is 3.74. The molecule has 0 fully saturated rings. The van der Waals surface area contributed by atoms with Crippen LogP contribution in [0.25, 0.3) is 0 Å². The van der Waals surface area contributed by atoms with E-state index in [0.29, 0.717) is 0 Å². The molecule has 0 spiro atoms. The molecular weight excluding hydrogens is 634 g/mol. The van der Waals surface area contributed by atoms with E-state index in [1.165, 1.54) is 17.0 Å². The number of benzene rings is 2. The van der Waals surface area contributed by atoms with Crippen molar-refractivity contribution in [1.29, 1.82) is 5.41 Å². The fourth-order valence-corrected chi connectivity index (χ4v) is 4.85. The lowest BCUT2D eigenvalue weighted by atomic mass is 9.87. The fraction of sp³-hybridized carbons (Fsp3) is 0.258. The number of thiophene rings is 1. The summed E-state index contributed by atoms with van der Waals surface area (Å²) in [5, 5.41) is 14.5. The van der Waals surface area contributed by atoms with Crippen molar-refractivity contribution >= 4 is 41.0 Å². The molecular formula is C31H31F4N3O7S. The molecule has 0 bridgehead atoms. The Kier molecular flexibility index (Phi) is 13.2. The monoisotopic (exact) mass is 665 g/mol. The zero-order valence-electron chi connectivity index (χ0n) is 24.7. The number of amides is 1. The van der Waals surface area contributed by atoms with Crippen molar-refractivity contribution in [2.45, 2.75) is 33.1 Å². The molecule has 2 aromatic carbocycles. The van der Waals surface area contributed by atoms with Crippen molar-refractivity contribution in [3.05, 3.63) is 100 Å². The first-order valence-corrected chi connectivity index (χ1v) is 14.1. The largest absolute Gasteiger partial charge is 0.490 e. The van der Waals surface area contributed by atoms with Gasteiger partial charge in [-0.05, 0) is 42.3 Å².